The maximum atomic E-state index is 13.5. The fraction of sp³-hybridized carbons (Fsp3) is 0.533. The molecule has 20 heavy (non-hydrogen) atoms. The minimum atomic E-state index is -0.687. The molecule has 0 radical (unpaired) electrons. The number of aromatic hydroxyl groups is 1. The average Bonchev–Trinajstić information content (AvgIpc) is 3.16. The Morgan fingerprint density at radius 3 is 2.90 bits per heavy atom. The predicted octanol–water partition coefficient (Wildman–Crippen LogP) is 1.75. The lowest BCUT2D eigenvalue weighted by molar-refractivity contribution is 0.0940. The van der Waals surface area contributed by atoms with Crippen LogP contribution in [0.5, 0.6) is 5.75 Å². The van der Waals surface area contributed by atoms with Gasteiger partial charge in [0.05, 0.1) is 0 Å². The Morgan fingerprint density at radius 1 is 1.40 bits per heavy atom. The highest BCUT2D eigenvalue weighted by molar-refractivity contribution is 5.97. The van der Waals surface area contributed by atoms with E-state index in [9.17, 15) is 14.3 Å². The van der Waals surface area contributed by atoms with Gasteiger partial charge in [0.15, 0.2) is 0 Å². The van der Waals surface area contributed by atoms with Crippen molar-refractivity contribution < 1.29 is 14.3 Å². The van der Waals surface area contributed by atoms with Crippen LogP contribution in [0.15, 0.2) is 18.2 Å². The van der Waals surface area contributed by atoms with Crippen molar-refractivity contribution >= 4 is 5.91 Å². The summed E-state index contributed by atoms with van der Waals surface area (Å²) in [6.07, 6.45) is 3.66. The molecule has 0 spiro atoms. The molecule has 4 nitrogen and oxygen atoms in total. The van der Waals surface area contributed by atoms with Crippen molar-refractivity contribution in [1.82, 2.24) is 10.2 Å². The van der Waals surface area contributed by atoms with Crippen molar-refractivity contribution in [3.63, 3.8) is 0 Å². The maximum absolute atomic E-state index is 13.5. The normalized spacial score (nSPS) is 22.9. The highest BCUT2D eigenvalue weighted by Gasteiger charge is 2.34. The van der Waals surface area contributed by atoms with E-state index < -0.39 is 11.7 Å². The second-order valence-electron chi connectivity index (χ2n) is 5.72. The number of hydrogen-bond acceptors (Lipinski definition) is 3. The van der Waals surface area contributed by atoms with E-state index in [-0.39, 0.29) is 11.3 Å². The zero-order valence-electron chi connectivity index (χ0n) is 11.3. The summed E-state index contributed by atoms with van der Waals surface area (Å²) in [5.41, 5.74) is -0.260. The zero-order chi connectivity index (χ0) is 14.1. The Balaban J connectivity index is 1.54. The fourth-order valence-electron chi connectivity index (χ4n) is 2.86. The number of carbonyl (C=O) groups excluding carboxylic acids is 1. The highest BCUT2D eigenvalue weighted by Crippen LogP contribution is 2.31. The summed E-state index contributed by atoms with van der Waals surface area (Å²) < 4.78 is 13.5. The van der Waals surface area contributed by atoms with Crippen molar-refractivity contribution in [1.29, 1.82) is 0 Å². The van der Waals surface area contributed by atoms with Crippen LogP contribution in [-0.2, 0) is 0 Å². The van der Waals surface area contributed by atoms with Crippen molar-refractivity contribution in [3.05, 3.63) is 29.6 Å². The van der Waals surface area contributed by atoms with E-state index in [1.807, 2.05) is 0 Å². The molecule has 108 valence electrons. The molecule has 0 bridgehead atoms. The molecule has 5 heteroatoms. The van der Waals surface area contributed by atoms with Crippen molar-refractivity contribution in [2.75, 3.05) is 19.6 Å². The Bertz CT molecular complexity index is 496. The summed E-state index contributed by atoms with van der Waals surface area (Å²) in [4.78, 5) is 14.4. The summed E-state index contributed by atoms with van der Waals surface area (Å²) in [7, 11) is 0. The molecule has 2 fully saturated rings. The first kappa shape index (κ1) is 13.4. The molecule has 1 saturated carbocycles. The maximum Gasteiger partial charge on any atom is 0.258 e. The Morgan fingerprint density at radius 2 is 2.20 bits per heavy atom. The Kier molecular flexibility index (Phi) is 3.61. The molecule has 2 aliphatic rings. The number of nitrogens with one attached hydrogen (secondary N) is 1. The summed E-state index contributed by atoms with van der Waals surface area (Å²) >= 11 is 0. The quantitative estimate of drug-likeness (QED) is 0.882. The molecular formula is C15H19FN2O2. The number of likely N-dealkylation sites (tertiary alicyclic amines) is 1. The first-order valence-electron chi connectivity index (χ1n) is 7.15. The lowest BCUT2D eigenvalue weighted by Gasteiger charge is -2.15. The zero-order valence-corrected chi connectivity index (χ0v) is 11.3. The van der Waals surface area contributed by atoms with E-state index in [0.717, 1.165) is 25.6 Å². The molecule has 1 aliphatic carbocycles. The SMILES string of the molecule is O=C(NC[C@@H]1CCN(C2CC2)C1)c1c(O)cccc1F. The van der Waals surface area contributed by atoms with Crippen molar-refractivity contribution in [2.24, 2.45) is 5.92 Å². The molecule has 0 unspecified atom stereocenters. The van der Waals surface area contributed by atoms with Crippen LogP contribution in [0, 0.1) is 11.7 Å². The number of benzene rings is 1. The van der Waals surface area contributed by atoms with Crippen LogP contribution in [0.1, 0.15) is 29.6 Å². The van der Waals surface area contributed by atoms with E-state index in [0.29, 0.717) is 12.5 Å². The van der Waals surface area contributed by atoms with Gasteiger partial charge < -0.3 is 15.3 Å². The second-order valence-corrected chi connectivity index (χ2v) is 5.72. The highest BCUT2D eigenvalue weighted by atomic mass is 19.1. The van der Waals surface area contributed by atoms with Gasteiger partial charge in [-0.25, -0.2) is 4.39 Å². The third kappa shape index (κ3) is 2.77. The first-order valence-corrected chi connectivity index (χ1v) is 7.15. The van der Waals surface area contributed by atoms with Crippen LogP contribution in [0.4, 0.5) is 4.39 Å². The van der Waals surface area contributed by atoms with Crippen molar-refractivity contribution in [3.8, 4) is 5.75 Å². The summed E-state index contributed by atoms with van der Waals surface area (Å²) in [6.45, 7) is 2.64. The molecule has 3 rings (SSSR count). The second kappa shape index (κ2) is 5.40. The predicted molar refractivity (Wildman–Crippen MR) is 73.1 cm³/mol. The molecule has 1 aliphatic heterocycles. The molecule has 0 aromatic heterocycles. The number of nitrogens with zero attached hydrogens (tertiary/aromatic N) is 1. The van der Waals surface area contributed by atoms with Gasteiger partial charge in [-0.05, 0) is 43.9 Å². The van der Waals surface area contributed by atoms with Crippen LogP contribution in [0.2, 0.25) is 0 Å². The van der Waals surface area contributed by atoms with Gasteiger partial charge in [0.2, 0.25) is 0 Å². The smallest absolute Gasteiger partial charge is 0.258 e. The van der Waals surface area contributed by atoms with Gasteiger partial charge in [0.25, 0.3) is 5.91 Å². The monoisotopic (exact) mass is 278 g/mol. The molecular weight excluding hydrogens is 259 g/mol. The average molecular weight is 278 g/mol. The number of rotatable bonds is 4. The van der Waals surface area contributed by atoms with E-state index >= 15 is 0 Å². The topological polar surface area (TPSA) is 52.6 Å². The van der Waals surface area contributed by atoms with Gasteiger partial charge in [0.1, 0.15) is 17.1 Å². The summed E-state index contributed by atoms with van der Waals surface area (Å²) in [5.74, 6) is -1.11. The molecule has 2 N–H and O–H groups in total. The van der Waals surface area contributed by atoms with E-state index in [1.165, 1.54) is 31.0 Å². The van der Waals surface area contributed by atoms with Crippen molar-refractivity contribution in [2.45, 2.75) is 25.3 Å². The number of phenols is 1. The van der Waals surface area contributed by atoms with Gasteiger partial charge in [0, 0.05) is 19.1 Å². The number of amides is 1. The Labute approximate surface area is 117 Å². The van der Waals surface area contributed by atoms with Gasteiger partial charge in [-0.1, -0.05) is 6.07 Å². The molecule has 1 amide bonds. The minimum absolute atomic E-state index is 0.260. The van der Waals surface area contributed by atoms with Crippen LogP contribution >= 0.6 is 0 Å². The lowest BCUT2D eigenvalue weighted by atomic mass is 10.1. The van der Waals surface area contributed by atoms with E-state index in [1.54, 1.807) is 0 Å². The van der Waals surface area contributed by atoms with E-state index in [4.69, 9.17) is 0 Å². The first-order chi connectivity index (χ1) is 9.65. The Hall–Kier alpha value is -1.62. The standard InChI is InChI=1S/C15H19FN2O2/c16-12-2-1-3-13(19)14(12)15(20)17-8-10-6-7-18(9-10)11-4-5-11/h1-3,10-11,19H,4-9H2,(H,17,20)/t10-/m0/s1. The summed E-state index contributed by atoms with van der Waals surface area (Å²) in [6, 6.07) is 4.64. The van der Waals surface area contributed by atoms with Crippen LogP contribution in [0.3, 0.4) is 0 Å². The minimum Gasteiger partial charge on any atom is -0.507 e. The number of phenolic OH excluding ortho intramolecular Hbond substituents is 1. The van der Waals surface area contributed by atoms with Gasteiger partial charge in [-0.3, -0.25) is 4.79 Å². The third-order valence-electron chi connectivity index (χ3n) is 4.15. The van der Waals surface area contributed by atoms with Crippen LogP contribution < -0.4 is 5.32 Å². The largest absolute Gasteiger partial charge is 0.507 e. The number of halogens is 1. The third-order valence-corrected chi connectivity index (χ3v) is 4.15. The number of hydrogen-bond donors (Lipinski definition) is 2. The molecule has 1 heterocycles. The molecule has 1 aromatic carbocycles. The molecule has 1 atom stereocenters. The van der Waals surface area contributed by atoms with Crippen LogP contribution in [0.25, 0.3) is 0 Å². The number of carbonyl (C=O) groups is 1. The van der Waals surface area contributed by atoms with Crippen LogP contribution in [-0.4, -0.2) is 41.6 Å². The van der Waals surface area contributed by atoms with Gasteiger partial charge >= 0.3 is 0 Å². The summed E-state index contributed by atoms with van der Waals surface area (Å²) in [5, 5.41) is 12.3. The fourth-order valence-corrected chi connectivity index (χ4v) is 2.86. The molecule has 1 aromatic rings. The lowest BCUT2D eigenvalue weighted by Crippen LogP contribution is -2.32. The van der Waals surface area contributed by atoms with E-state index in [2.05, 4.69) is 10.2 Å². The van der Waals surface area contributed by atoms with Gasteiger partial charge in [-0.15, -0.1) is 0 Å². The molecule has 1 saturated heterocycles. The van der Waals surface area contributed by atoms with Gasteiger partial charge in [-0.2, -0.15) is 0 Å².